The van der Waals surface area contributed by atoms with Gasteiger partial charge in [0.1, 0.15) is 5.76 Å². The summed E-state index contributed by atoms with van der Waals surface area (Å²) in [7, 11) is 0. The minimum Gasteiger partial charge on any atom is -0.448 e. The predicted molar refractivity (Wildman–Crippen MR) is 80.5 cm³/mol. The Labute approximate surface area is 124 Å². The summed E-state index contributed by atoms with van der Waals surface area (Å²) in [6, 6.07) is 9.67. The molecule has 0 spiro atoms. The Morgan fingerprint density at radius 1 is 1.19 bits per heavy atom. The Kier molecular flexibility index (Phi) is 4.21. The van der Waals surface area contributed by atoms with E-state index in [9.17, 15) is 0 Å². The maximum Gasteiger partial charge on any atom is 0.178 e. The van der Waals surface area contributed by atoms with Crippen LogP contribution in [0.25, 0.3) is 0 Å². The lowest BCUT2D eigenvalue weighted by Gasteiger charge is -1.92. The highest BCUT2D eigenvalue weighted by molar-refractivity contribution is 14.1. The van der Waals surface area contributed by atoms with Gasteiger partial charge in [0.2, 0.25) is 0 Å². The summed E-state index contributed by atoms with van der Waals surface area (Å²) in [5.74, 6) is 0.735. The van der Waals surface area contributed by atoms with E-state index in [0.717, 1.165) is 24.2 Å². The van der Waals surface area contributed by atoms with Gasteiger partial charge in [-0.25, -0.2) is 0 Å². The van der Waals surface area contributed by atoms with Crippen molar-refractivity contribution in [2.24, 2.45) is 4.99 Å². The largest absolute Gasteiger partial charge is 0.448 e. The highest BCUT2D eigenvalue weighted by atomic mass is 127. The molecule has 82 valence electrons. The zero-order valence-corrected chi connectivity index (χ0v) is 13.3. The van der Waals surface area contributed by atoms with Crippen LogP contribution in [0.15, 0.2) is 48.7 Å². The van der Waals surface area contributed by atoms with Crippen LogP contribution in [-0.2, 0) is 0 Å². The van der Waals surface area contributed by atoms with Gasteiger partial charge in [-0.1, -0.05) is 15.9 Å². The van der Waals surface area contributed by atoms with E-state index in [1.165, 1.54) is 0 Å². The molecule has 0 unspecified atom stereocenters. The van der Waals surface area contributed by atoms with Crippen LogP contribution in [0, 0.1) is 3.77 Å². The standard InChI is InChI=1S/C11H6Br2INO/c12-7-1-3-8(4-2-7)15-6-9-5-10(13)11(14)16-9/h1-6H. The van der Waals surface area contributed by atoms with Crippen LogP contribution >= 0.6 is 54.5 Å². The summed E-state index contributed by atoms with van der Waals surface area (Å²) in [6.45, 7) is 0. The minimum atomic E-state index is 0.735. The summed E-state index contributed by atoms with van der Waals surface area (Å²) in [4.78, 5) is 4.31. The average molecular weight is 455 g/mol. The number of halogens is 3. The van der Waals surface area contributed by atoms with Crippen LogP contribution in [0.4, 0.5) is 5.69 Å². The highest BCUT2D eigenvalue weighted by Gasteiger charge is 2.02. The molecule has 16 heavy (non-hydrogen) atoms. The molecule has 1 heterocycles. The number of nitrogens with zero attached hydrogens (tertiary/aromatic N) is 1. The first-order chi connectivity index (χ1) is 7.65. The fourth-order valence-corrected chi connectivity index (χ4v) is 2.07. The molecule has 5 heteroatoms. The molecule has 0 aliphatic rings. The quantitative estimate of drug-likeness (QED) is 0.454. The van der Waals surface area contributed by atoms with Crippen LogP contribution in [0.2, 0.25) is 0 Å². The molecule has 0 atom stereocenters. The van der Waals surface area contributed by atoms with E-state index in [2.05, 4.69) is 59.4 Å². The van der Waals surface area contributed by atoms with E-state index in [4.69, 9.17) is 4.42 Å². The average Bonchev–Trinajstić information content (AvgIpc) is 2.58. The van der Waals surface area contributed by atoms with Crippen molar-refractivity contribution in [2.75, 3.05) is 0 Å². The van der Waals surface area contributed by atoms with E-state index in [-0.39, 0.29) is 0 Å². The second-order valence-electron chi connectivity index (χ2n) is 3.01. The lowest BCUT2D eigenvalue weighted by molar-refractivity contribution is 0.530. The van der Waals surface area contributed by atoms with Crippen molar-refractivity contribution in [3.63, 3.8) is 0 Å². The second-order valence-corrected chi connectivity index (χ2v) is 5.75. The van der Waals surface area contributed by atoms with Crippen molar-refractivity contribution in [1.29, 1.82) is 0 Å². The van der Waals surface area contributed by atoms with Crippen LogP contribution < -0.4 is 0 Å². The van der Waals surface area contributed by atoms with Crippen LogP contribution in [0.3, 0.4) is 0 Å². The Hall–Kier alpha value is -0.140. The molecule has 0 saturated heterocycles. The first-order valence-corrected chi connectivity index (χ1v) is 7.06. The van der Waals surface area contributed by atoms with Gasteiger partial charge in [-0.3, -0.25) is 4.99 Å². The van der Waals surface area contributed by atoms with Gasteiger partial charge in [0.25, 0.3) is 0 Å². The molecule has 0 aliphatic heterocycles. The topological polar surface area (TPSA) is 25.5 Å². The first kappa shape index (κ1) is 12.3. The highest BCUT2D eigenvalue weighted by Crippen LogP contribution is 2.23. The van der Waals surface area contributed by atoms with Gasteiger partial charge in [-0.15, -0.1) is 0 Å². The van der Waals surface area contributed by atoms with E-state index in [1.807, 2.05) is 30.3 Å². The number of hydrogen-bond donors (Lipinski definition) is 0. The van der Waals surface area contributed by atoms with Crippen molar-refractivity contribution < 1.29 is 4.42 Å². The van der Waals surface area contributed by atoms with Crippen LogP contribution in [-0.4, -0.2) is 6.21 Å². The molecule has 1 aromatic heterocycles. The van der Waals surface area contributed by atoms with Gasteiger partial charge >= 0.3 is 0 Å². The fourth-order valence-electron chi connectivity index (χ4n) is 1.09. The number of benzene rings is 1. The summed E-state index contributed by atoms with van der Waals surface area (Å²) in [6.07, 6.45) is 1.70. The SMILES string of the molecule is Brc1ccc(N=Cc2cc(Br)c(I)o2)cc1. The molecule has 0 radical (unpaired) electrons. The lowest BCUT2D eigenvalue weighted by atomic mass is 10.3. The van der Waals surface area contributed by atoms with Crippen molar-refractivity contribution in [1.82, 2.24) is 0 Å². The van der Waals surface area contributed by atoms with Crippen LogP contribution in [0.5, 0.6) is 0 Å². The monoisotopic (exact) mass is 453 g/mol. The molecule has 0 saturated carbocycles. The molecular weight excluding hydrogens is 449 g/mol. The third kappa shape index (κ3) is 3.18. The maximum atomic E-state index is 5.44. The smallest absolute Gasteiger partial charge is 0.178 e. The molecule has 1 aromatic carbocycles. The van der Waals surface area contributed by atoms with Crippen LogP contribution in [0.1, 0.15) is 5.76 Å². The van der Waals surface area contributed by atoms with Gasteiger partial charge < -0.3 is 4.42 Å². The molecule has 2 nitrogen and oxygen atoms in total. The Bertz CT molecular complexity index is 500. The molecule has 0 amide bonds. The van der Waals surface area contributed by atoms with Crippen molar-refractivity contribution in [3.8, 4) is 0 Å². The van der Waals surface area contributed by atoms with E-state index in [1.54, 1.807) is 6.21 Å². The van der Waals surface area contributed by atoms with E-state index >= 15 is 0 Å². The maximum absolute atomic E-state index is 5.44. The fraction of sp³-hybridized carbons (Fsp3) is 0. The Morgan fingerprint density at radius 2 is 1.88 bits per heavy atom. The molecule has 0 aliphatic carbocycles. The number of hydrogen-bond acceptors (Lipinski definition) is 2. The predicted octanol–water partition coefficient (Wildman–Crippen LogP) is 5.16. The van der Waals surface area contributed by atoms with Gasteiger partial charge in [-0.05, 0) is 40.2 Å². The van der Waals surface area contributed by atoms with Gasteiger partial charge in [0, 0.05) is 33.1 Å². The van der Waals surface area contributed by atoms with Gasteiger partial charge in [0.05, 0.1) is 16.4 Å². The normalized spacial score (nSPS) is 11.2. The third-order valence-electron chi connectivity index (χ3n) is 1.83. The summed E-state index contributed by atoms with van der Waals surface area (Å²) >= 11 is 8.88. The van der Waals surface area contributed by atoms with E-state index < -0.39 is 0 Å². The molecule has 0 N–H and O–H groups in total. The number of rotatable bonds is 2. The Balaban J connectivity index is 2.17. The minimum absolute atomic E-state index is 0.735. The molecule has 2 rings (SSSR count). The first-order valence-electron chi connectivity index (χ1n) is 4.39. The molecule has 2 aromatic rings. The summed E-state index contributed by atoms with van der Waals surface area (Å²) in [5.41, 5.74) is 0.894. The molecular formula is C11H6Br2INO. The van der Waals surface area contributed by atoms with Gasteiger partial charge in [-0.2, -0.15) is 0 Å². The van der Waals surface area contributed by atoms with Gasteiger partial charge in [0.15, 0.2) is 3.77 Å². The zero-order valence-electron chi connectivity index (χ0n) is 7.95. The third-order valence-corrected chi connectivity index (χ3v) is 4.49. The Morgan fingerprint density at radius 3 is 2.44 bits per heavy atom. The molecule has 0 bridgehead atoms. The van der Waals surface area contributed by atoms with Crippen molar-refractivity contribution in [2.45, 2.75) is 0 Å². The number of aliphatic imine (C=N–C) groups is 1. The zero-order chi connectivity index (χ0) is 11.5. The summed E-state index contributed by atoms with van der Waals surface area (Å²) < 4.78 is 8.26. The van der Waals surface area contributed by atoms with Crippen molar-refractivity contribution in [3.05, 3.63) is 48.8 Å². The number of furan rings is 1. The summed E-state index contributed by atoms with van der Waals surface area (Å²) in [5, 5.41) is 0. The second kappa shape index (κ2) is 5.46. The lowest BCUT2D eigenvalue weighted by Crippen LogP contribution is -1.73. The van der Waals surface area contributed by atoms with Crippen molar-refractivity contribution >= 4 is 66.4 Å². The molecule has 0 fully saturated rings. The van der Waals surface area contributed by atoms with E-state index in [0.29, 0.717) is 0 Å².